The summed E-state index contributed by atoms with van der Waals surface area (Å²) < 4.78 is 5.42. The van der Waals surface area contributed by atoms with Gasteiger partial charge in [0, 0.05) is 18.3 Å². The first-order chi connectivity index (χ1) is 8.91. The van der Waals surface area contributed by atoms with Gasteiger partial charge in [0.2, 0.25) is 0 Å². The molecular weight excluding hydrogens is 244 g/mol. The molecule has 0 spiro atoms. The highest BCUT2D eigenvalue weighted by atomic mass is 16.6. The lowest BCUT2D eigenvalue weighted by molar-refractivity contribution is -0.144. The lowest BCUT2D eigenvalue weighted by atomic mass is 9.80. The van der Waals surface area contributed by atoms with E-state index in [0.717, 1.165) is 11.1 Å². The lowest BCUT2D eigenvalue weighted by Crippen LogP contribution is -2.35. The molecule has 0 aromatic carbocycles. The number of hydrogen-bond donors (Lipinski definition) is 1. The SMILES string of the molecule is CC1=C2[C@H](C)C[C@H]3OC(=O)[C@@H](C)[C@H]3[C@H](O)[C@H]2CC1=O. The highest BCUT2D eigenvalue weighted by Gasteiger charge is 2.53. The second-order valence-electron chi connectivity index (χ2n) is 6.28. The van der Waals surface area contributed by atoms with Gasteiger partial charge in [-0.05, 0) is 24.8 Å². The first-order valence-electron chi connectivity index (χ1n) is 7.04. The molecule has 2 aliphatic carbocycles. The number of ketones is 1. The van der Waals surface area contributed by atoms with Crippen molar-refractivity contribution in [1.82, 2.24) is 0 Å². The first-order valence-corrected chi connectivity index (χ1v) is 7.04. The summed E-state index contributed by atoms with van der Waals surface area (Å²) in [6.07, 6.45) is 0.256. The fourth-order valence-electron chi connectivity index (χ4n) is 4.22. The highest BCUT2D eigenvalue weighted by Crippen LogP contribution is 2.48. The van der Waals surface area contributed by atoms with Gasteiger partial charge in [-0.15, -0.1) is 0 Å². The number of carbonyl (C=O) groups is 2. The van der Waals surface area contributed by atoms with Crippen molar-refractivity contribution in [3.05, 3.63) is 11.1 Å². The molecule has 4 heteroatoms. The molecule has 19 heavy (non-hydrogen) atoms. The monoisotopic (exact) mass is 264 g/mol. The van der Waals surface area contributed by atoms with E-state index in [2.05, 4.69) is 6.92 Å². The molecule has 0 bridgehead atoms. The number of allylic oxidation sites excluding steroid dienone is 1. The number of esters is 1. The smallest absolute Gasteiger partial charge is 0.309 e. The first kappa shape index (κ1) is 12.9. The average molecular weight is 264 g/mol. The van der Waals surface area contributed by atoms with Gasteiger partial charge in [-0.1, -0.05) is 19.4 Å². The fourth-order valence-corrected chi connectivity index (χ4v) is 4.22. The Hall–Kier alpha value is -1.16. The molecule has 1 saturated carbocycles. The third-order valence-electron chi connectivity index (χ3n) is 5.23. The summed E-state index contributed by atoms with van der Waals surface area (Å²) in [6, 6.07) is 0. The van der Waals surface area contributed by atoms with Gasteiger partial charge in [0.1, 0.15) is 6.10 Å². The van der Waals surface area contributed by atoms with Crippen LogP contribution in [0.5, 0.6) is 0 Å². The van der Waals surface area contributed by atoms with E-state index in [0.29, 0.717) is 12.8 Å². The van der Waals surface area contributed by atoms with E-state index < -0.39 is 6.10 Å². The normalized spacial score (nSPS) is 45.9. The summed E-state index contributed by atoms with van der Waals surface area (Å²) in [5.74, 6) is -0.440. The van der Waals surface area contributed by atoms with Gasteiger partial charge in [-0.25, -0.2) is 0 Å². The van der Waals surface area contributed by atoms with Crippen molar-refractivity contribution in [3.63, 3.8) is 0 Å². The second-order valence-corrected chi connectivity index (χ2v) is 6.28. The van der Waals surface area contributed by atoms with E-state index in [9.17, 15) is 14.7 Å². The summed E-state index contributed by atoms with van der Waals surface area (Å²) in [6.45, 7) is 5.74. The summed E-state index contributed by atoms with van der Waals surface area (Å²) in [4.78, 5) is 23.6. The van der Waals surface area contributed by atoms with Gasteiger partial charge in [0.25, 0.3) is 0 Å². The molecule has 1 aliphatic heterocycles. The number of rotatable bonds is 0. The summed E-state index contributed by atoms with van der Waals surface area (Å²) in [5.41, 5.74) is 1.91. The molecule has 0 amide bonds. The summed E-state index contributed by atoms with van der Waals surface area (Å²) >= 11 is 0. The van der Waals surface area contributed by atoms with Gasteiger partial charge in [0.05, 0.1) is 12.0 Å². The van der Waals surface area contributed by atoms with Crippen molar-refractivity contribution in [2.24, 2.45) is 23.7 Å². The maximum atomic E-state index is 11.9. The molecule has 6 atom stereocenters. The lowest BCUT2D eigenvalue weighted by Gasteiger charge is -2.26. The van der Waals surface area contributed by atoms with Crippen molar-refractivity contribution in [3.8, 4) is 0 Å². The molecule has 0 unspecified atom stereocenters. The zero-order valence-electron chi connectivity index (χ0n) is 11.6. The zero-order chi connectivity index (χ0) is 13.9. The Labute approximate surface area is 112 Å². The van der Waals surface area contributed by atoms with Gasteiger partial charge in [0.15, 0.2) is 5.78 Å². The standard InChI is InChI=1S/C15H20O4/c1-6-4-11-13(8(3)15(18)19-11)14(17)9-5-10(16)7(2)12(6)9/h6,8-9,11,13-14,17H,4-5H2,1-3H3/t6-,8+,9+,11-,13-,14-/m1/s1. The maximum absolute atomic E-state index is 11.9. The molecular formula is C15H20O4. The van der Waals surface area contributed by atoms with Crippen LogP contribution in [0.3, 0.4) is 0 Å². The fraction of sp³-hybridized carbons (Fsp3) is 0.733. The van der Waals surface area contributed by atoms with Crippen LogP contribution in [0.25, 0.3) is 0 Å². The molecule has 1 N–H and O–H groups in total. The number of carbonyl (C=O) groups excluding carboxylic acids is 2. The molecule has 4 nitrogen and oxygen atoms in total. The van der Waals surface area contributed by atoms with Gasteiger partial charge in [-0.3, -0.25) is 9.59 Å². The third-order valence-corrected chi connectivity index (χ3v) is 5.23. The van der Waals surface area contributed by atoms with Crippen molar-refractivity contribution in [2.75, 3.05) is 0 Å². The van der Waals surface area contributed by atoms with E-state index in [1.54, 1.807) is 0 Å². The van der Waals surface area contributed by atoms with Crippen LogP contribution in [0.15, 0.2) is 11.1 Å². The molecule has 3 aliphatic rings. The zero-order valence-corrected chi connectivity index (χ0v) is 11.6. The van der Waals surface area contributed by atoms with Gasteiger partial charge >= 0.3 is 5.97 Å². The predicted octanol–water partition coefficient (Wildman–Crippen LogP) is 1.47. The van der Waals surface area contributed by atoms with Crippen LogP contribution < -0.4 is 0 Å². The van der Waals surface area contributed by atoms with E-state index in [-0.39, 0.29) is 41.5 Å². The topological polar surface area (TPSA) is 63.6 Å². The van der Waals surface area contributed by atoms with Crippen LogP contribution in [0.4, 0.5) is 0 Å². The largest absolute Gasteiger partial charge is 0.462 e. The number of ether oxygens (including phenoxy) is 1. The van der Waals surface area contributed by atoms with Crippen LogP contribution in [0.1, 0.15) is 33.6 Å². The predicted molar refractivity (Wildman–Crippen MR) is 68.1 cm³/mol. The Morgan fingerprint density at radius 2 is 1.95 bits per heavy atom. The van der Waals surface area contributed by atoms with Gasteiger partial charge in [-0.2, -0.15) is 0 Å². The minimum atomic E-state index is -0.646. The van der Waals surface area contributed by atoms with E-state index in [1.165, 1.54) is 0 Å². The Balaban J connectivity index is 2.02. The third kappa shape index (κ3) is 1.69. The molecule has 2 fully saturated rings. The highest BCUT2D eigenvalue weighted by molar-refractivity contribution is 5.98. The summed E-state index contributed by atoms with van der Waals surface area (Å²) in [5, 5.41) is 10.7. The van der Waals surface area contributed by atoms with Crippen LogP contribution in [0, 0.1) is 23.7 Å². The molecule has 0 radical (unpaired) electrons. The van der Waals surface area contributed by atoms with Gasteiger partial charge < -0.3 is 9.84 Å². The molecule has 104 valence electrons. The molecule has 0 aromatic rings. The minimum Gasteiger partial charge on any atom is -0.462 e. The number of fused-ring (bicyclic) bond motifs is 2. The molecule has 0 aromatic heterocycles. The Morgan fingerprint density at radius 3 is 2.63 bits per heavy atom. The van der Waals surface area contributed by atoms with Crippen LogP contribution in [-0.4, -0.2) is 29.1 Å². The maximum Gasteiger partial charge on any atom is 0.309 e. The van der Waals surface area contributed by atoms with E-state index in [1.807, 2.05) is 13.8 Å². The number of aliphatic hydroxyl groups is 1. The van der Waals surface area contributed by atoms with Crippen molar-refractivity contribution in [1.29, 1.82) is 0 Å². The van der Waals surface area contributed by atoms with E-state index in [4.69, 9.17) is 4.74 Å². The van der Waals surface area contributed by atoms with Crippen LogP contribution in [0.2, 0.25) is 0 Å². The Kier molecular flexibility index (Phi) is 2.82. The average Bonchev–Trinajstić information content (AvgIpc) is 2.75. The molecule has 1 heterocycles. The quantitative estimate of drug-likeness (QED) is 0.673. The number of Topliss-reactive ketones (excluding diaryl/α,β-unsaturated/α-hetero) is 1. The number of aliphatic hydroxyl groups excluding tert-OH is 1. The van der Waals surface area contributed by atoms with Crippen molar-refractivity contribution >= 4 is 11.8 Å². The van der Waals surface area contributed by atoms with Crippen LogP contribution >= 0.6 is 0 Å². The second kappa shape index (κ2) is 4.17. The molecule has 1 saturated heterocycles. The summed E-state index contributed by atoms with van der Waals surface area (Å²) in [7, 11) is 0. The minimum absolute atomic E-state index is 0.116. The van der Waals surface area contributed by atoms with Crippen LogP contribution in [-0.2, 0) is 14.3 Å². The Morgan fingerprint density at radius 1 is 1.26 bits per heavy atom. The van der Waals surface area contributed by atoms with Crippen molar-refractivity contribution < 1.29 is 19.4 Å². The van der Waals surface area contributed by atoms with E-state index >= 15 is 0 Å². The Bertz CT molecular complexity index is 479. The van der Waals surface area contributed by atoms with Crippen molar-refractivity contribution in [2.45, 2.75) is 45.8 Å². The molecule has 3 rings (SSSR count). The number of hydrogen-bond acceptors (Lipinski definition) is 4.